The van der Waals surface area contributed by atoms with Crippen molar-refractivity contribution in [3.63, 3.8) is 0 Å². The highest BCUT2D eigenvalue weighted by Gasteiger charge is 2.24. The number of esters is 1. The Kier molecular flexibility index (Phi) is 9.55. The summed E-state index contributed by atoms with van der Waals surface area (Å²) in [7, 11) is 1.46. The van der Waals surface area contributed by atoms with Gasteiger partial charge in [0.2, 0.25) is 5.88 Å². The number of aliphatic hydroxyl groups excluding tert-OH is 1. The van der Waals surface area contributed by atoms with Crippen LogP contribution in [0.15, 0.2) is 54.7 Å². The lowest BCUT2D eigenvalue weighted by atomic mass is 9.96. The van der Waals surface area contributed by atoms with Crippen molar-refractivity contribution in [1.82, 2.24) is 9.88 Å². The standard InChI is InChI=1S/C29H33FN2O6/c1-6-32(17(2)3)16-21-13-22(10-11-23(21)24-14-26(37-5)31-15-25(24)30)38-29(36)20-9-7-8-19(12-20)27(33)18(4)28(34)35/h7-15,17-18,27,33H,6,16H2,1-5H3,(H,34,35)/t18-,27+/m0/s1. The first kappa shape index (κ1) is 28.7. The van der Waals surface area contributed by atoms with Gasteiger partial charge < -0.3 is 19.7 Å². The van der Waals surface area contributed by atoms with Crippen LogP contribution in [0.5, 0.6) is 11.6 Å². The van der Waals surface area contributed by atoms with Crippen LogP contribution in [0.4, 0.5) is 4.39 Å². The van der Waals surface area contributed by atoms with Crippen molar-refractivity contribution in [2.45, 2.75) is 46.4 Å². The fourth-order valence-electron chi connectivity index (χ4n) is 4.08. The summed E-state index contributed by atoms with van der Waals surface area (Å²) in [4.78, 5) is 30.3. The summed E-state index contributed by atoms with van der Waals surface area (Å²) in [5.41, 5.74) is 2.14. The Hall–Kier alpha value is -3.82. The van der Waals surface area contributed by atoms with Gasteiger partial charge in [-0.3, -0.25) is 9.69 Å². The number of halogens is 1. The minimum Gasteiger partial charge on any atom is -0.481 e. The summed E-state index contributed by atoms with van der Waals surface area (Å²) < 4.78 is 25.6. The summed E-state index contributed by atoms with van der Waals surface area (Å²) in [6.45, 7) is 8.79. The molecule has 2 atom stereocenters. The highest BCUT2D eigenvalue weighted by atomic mass is 19.1. The van der Waals surface area contributed by atoms with Crippen LogP contribution < -0.4 is 9.47 Å². The predicted molar refractivity (Wildman–Crippen MR) is 141 cm³/mol. The molecule has 3 rings (SSSR count). The third kappa shape index (κ3) is 6.73. The van der Waals surface area contributed by atoms with E-state index in [1.807, 2.05) is 6.92 Å². The SMILES string of the molecule is CCN(Cc1cc(OC(=O)c2cccc([C@H](O)[C@H](C)C(=O)O)c2)ccc1-c1cc(OC)ncc1F)C(C)C. The molecule has 38 heavy (non-hydrogen) atoms. The summed E-state index contributed by atoms with van der Waals surface area (Å²) >= 11 is 0. The molecule has 0 saturated heterocycles. The van der Waals surface area contributed by atoms with Gasteiger partial charge in [-0.15, -0.1) is 0 Å². The Morgan fingerprint density at radius 1 is 1.08 bits per heavy atom. The lowest BCUT2D eigenvalue weighted by Crippen LogP contribution is -2.30. The summed E-state index contributed by atoms with van der Waals surface area (Å²) in [5, 5.41) is 19.6. The Morgan fingerprint density at radius 3 is 2.45 bits per heavy atom. The van der Waals surface area contributed by atoms with Gasteiger partial charge >= 0.3 is 11.9 Å². The number of carbonyl (C=O) groups excluding carboxylic acids is 1. The molecule has 8 nitrogen and oxygen atoms in total. The van der Waals surface area contributed by atoms with E-state index < -0.39 is 29.8 Å². The van der Waals surface area contributed by atoms with Gasteiger partial charge in [-0.05, 0) is 68.3 Å². The normalized spacial score (nSPS) is 12.9. The zero-order valence-electron chi connectivity index (χ0n) is 22.1. The van der Waals surface area contributed by atoms with Crippen LogP contribution in [0.3, 0.4) is 0 Å². The number of pyridine rings is 1. The molecule has 3 aromatic rings. The molecule has 0 saturated carbocycles. The Balaban J connectivity index is 1.96. The monoisotopic (exact) mass is 524 g/mol. The molecule has 0 unspecified atom stereocenters. The molecule has 0 fully saturated rings. The van der Waals surface area contributed by atoms with Crippen LogP contribution in [0.1, 0.15) is 55.3 Å². The van der Waals surface area contributed by atoms with Gasteiger partial charge in [0.1, 0.15) is 11.6 Å². The molecule has 2 aromatic carbocycles. The average molecular weight is 525 g/mol. The molecule has 2 N–H and O–H groups in total. The van der Waals surface area contributed by atoms with Crippen molar-refractivity contribution >= 4 is 11.9 Å². The second-order valence-corrected chi connectivity index (χ2v) is 9.27. The van der Waals surface area contributed by atoms with Crippen molar-refractivity contribution in [3.05, 3.63) is 77.2 Å². The smallest absolute Gasteiger partial charge is 0.343 e. The molecular weight excluding hydrogens is 491 g/mol. The third-order valence-electron chi connectivity index (χ3n) is 6.45. The van der Waals surface area contributed by atoms with Gasteiger partial charge in [0.15, 0.2) is 0 Å². The molecule has 0 amide bonds. The average Bonchev–Trinajstić information content (AvgIpc) is 2.91. The number of nitrogens with zero attached hydrogens (tertiary/aromatic N) is 2. The van der Waals surface area contributed by atoms with E-state index in [0.717, 1.165) is 18.3 Å². The minimum absolute atomic E-state index is 0.159. The van der Waals surface area contributed by atoms with Crippen molar-refractivity contribution in [2.24, 2.45) is 5.92 Å². The number of hydrogen-bond acceptors (Lipinski definition) is 7. The maximum absolute atomic E-state index is 14.8. The number of aliphatic hydroxyl groups is 1. The van der Waals surface area contributed by atoms with E-state index in [1.165, 1.54) is 32.2 Å². The molecule has 0 bridgehead atoms. The molecule has 0 radical (unpaired) electrons. The summed E-state index contributed by atoms with van der Waals surface area (Å²) in [6, 6.07) is 12.8. The Morgan fingerprint density at radius 2 is 1.82 bits per heavy atom. The van der Waals surface area contributed by atoms with Crippen molar-refractivity contribution < 1.29 is 33.7 Å². The zero-order chi connectivity index (χ0) is 28.0. The number of benzene rings is 2. The number of ether oxygens (including phenoxy) is 2. The first-order valence-electron chi connectivity index (χ1n) is 12.4. The molecule has 1 aromatic heterocycles. The van der Waals surface area contributed by atoms with Crippen LogP contribution in [-0.2, 0) is 11.3 Å². The maximum Gasteiger partial charge on any atom is 0.343 e. The second-order valence-electron chi connectivity index (χ2n) is 9.27. The number of carboxylic acid groups (broad SMARTS) is 1. The van der Waals surface area contributed by atoms with E-state index in [1.54, 1.807) is 30.3 Å². The number of carbonyl (C=O) groups is 2. The predicted octanol–water partition coefficient (Wildman–Crippen LogP) is 5.10. The van der Waals surface area contributed by atoms with E-state index >= 15 is 0 Å². The van der Waals surface area contributed by atoms with Gasteiger partial charge in [-0.25, -0.2) is 14.2 Å². The lowest BCUT2D eigenvalue weighted by molar-refractivity contribution is -0.145. The molecule has 202 valence electrons. The van der Waals surface area contributed by atoms with E-state index in [4.69, 9.17) is 9.47 Å². The van der Waals surface area contributed by atoms with Crippen LogP contribution in [-0.4, -0.2) is 51.7 Å². The number of aliphatic carboxylic acids is 1. The molecule has 0 spiro atoms. The minimum atomic E-state index is -1.28. The quantitative estimate of drug-likeness (QED) is 0.263. The molecule has 9 heteroatoms. The largest absolute Gasteiger partial charge is 0.481 e. The van der Waals surface area contributed by atoms with Gasteiger partial charge in [-0.2, -0.15) is 0 Å². The van der Waals surface area contributed by atoms with Crippen molar-refractivity contribution in [2.75, 3.05) is 13.7 Å². The van der Waals surface area contributed by atoms with Crippen LogP contribution in [0, 0.1) is 11.7 Å². The van der Waals surface area contributed by atoms with Gasteiger partial charge in [0.05, 0.1) is 30.9 Å². The van der Waals surface area contributed by atoms with Gasteiger partial charge in [-0.1, -0.05) is 25.1 Å². The summed E-state index contributed by atoms with van der Waals surface area (Å²) in [6.07, 6.45) is -0.173. The zero-order valence-corrected chi connectivity index (χ0v) is 22.1. The van der Waals surface area contributed by atoms with Crippen LogP contribution in [0.25, 0.3) is 11.1 Å². The Labute approximate surface area is 221 Å². The van der Waals surface area contributed by atoms with E-state index in [-0.39, 0.29) is 23.2 Å². The van der Waals surface area contributed by atoms with Crippen LogP contribution >= 0.6 is 0 Å². The molecule has 0 aliphatic heterocycles. The molecule has 0 aliphatic rings. The topological polar surface area (TPSA) is 109 Å². The Bertz CT molecular complexity index is 1300. The second kappa shape index (κ2) is 12.6. The fraction of sp³-hybridized carbons (Fsp3) is 0.345. The maximum atomic E-state index is 14.8. The van der Waals surface area contributed by atoms with E-state index in [9.17, 15) is 24.2 Å². The number of aromatic nitrogens is 1. The van der Waals surface area contributed by atoms with Crippen molar-refractivity contribution in [1.29, 1.82) is 0 Å². The highest BCUT2D eigenvalue weighted by Crippen LogP contribution is 2.33. The van der Waals surface area contributed by atoms with E-state index in [0.29, 0.717) is 23.2 Å². The third-order valence-corrected chi connectivity index (χ3v) is 6.45. The van der Waals surface area contributed by atoms with E-state index in [2.05, 4.69) is 23.7 Å². The van der Waals surface area contributed by atoms with Crippen LogP contribution in [0.2, 0.25) is 0 Å². The van der Waals surface area contributed by atoms with Gasteiger partial charge in [0.25, 0.3) is 0 Å². The highest BCUT2D eigenvalue weighted by molar-refractivity contribution is 5.91. The lowest BCUT2D eigenvalue weighted by Gasteiger charge is -2.26. The first-order chi connectivity index (χ1) is 18.0. The molecular formula is C29H33FN2O6. The number of methoxy groups -OCH3 is 1. The van der Waals surface area contributed by atoms with Crippen molar-refractivity contribution in [3.8, 4) is 22.8 Å². The number of carboxylic acids is 1. The number of hydrogen-bond donors (Lipinski definition) is 2. The first-order valence-corrected chi connectivity index (χ1v) is 12.4. The summed E-state index contributed by atoms with van der Waals surface area (Å²) in [5.74, 6) is -2.84. The molecule has 1 heterocycles. The fourth-order valence-corrected chi connectivity index (χ4v) is 4.08. The van der Waals surface area contributed by atoms with Gasteiger partial charge in [0, 0.05) is 24.2 Å². The number of rotatable bonds is 11. The molecule has 0 aliphatic carbocycles.